The Balaban J connectivity index is 3.06. The van der Waals surface area contributed by atoms with E-state index >= 15 is 0 Å². The SMILES string of the molecule is COc1cc(N)nc(C)n1. The molecular formula is C6H9N3O. The number of rotatable bonds is 1. The molecule has 4 heteroatoms. The molecule has 10 heavy (non-hydrogen) atoms. The monoisotopic (exact) mass is 139 g/mol. The van der Waals surface area contributed by atoms with Crippen LogP contribution in [0, 0.1) is 6.92 Å². The second kappa shape index (κ2) is 2.51. The summed E-state index contributed by atoms with van der Waals surface area (Å²) in [5, 5.41) is 0. The van der Waals surface area contributed by atoms with Crippen molar-refractivity contribution in [3.8, 4) is 5.88 Å². The van der Waals surface area contributed by atoms with Crippen LogP contribution in [0.4, 0.5) is 5.82 Å². The average Bonchev–Trinajstić information content (AvgIpc) is 1.85. The highest BCUT2D eigenvalue weighted by Crippen LogP contribution is 2.08. The summed E-state index contributed by atoms with van der Waals surface area (Å²) in [4.78, 5) is 7.81. The smallest absolute Gasteiger partial charge is 0.218 e. The summed E-state index contributed by atoms with van der Waals surface area (Å²) >= 11 is 0. The minimum absolute atomic E-state index is 0.435. The van der Waals surface area contributed by atoms with E-state index in [9.17, 15) is 0 Å². The Hall–Kier alpha value is -1.32. The highest BCUT2D eigenvalue weighted by Gasteiger charge is 1.95. The lowest BCUT2D eigenvalue weighted by atomic mass is 10.5. The molecule has 0 saturated carbocycles. The Bertz CT molecular complexity index is 216. The zero-order valence-electron chi connectivity index (χ0n) is 5.96. The molecule has 0 aliphatic heterocycles. The van der Waals surface area contributed by atoms with Gasteiger partial charge in [0.2, 0.25) is 5.88 Å². The zero-order chi connectivity index (χ0) is 7.56. The third-order valence-electron chi connectivity index (χ3n) is 1.04. The lowest BCUT2D eigenvalue weighted by Crippen LogP contribution is -1.97. The van der Waals surface area contributed by atoms with E-state index in [1.807, 2.05) is 0 Å². The van der Waals surface area contributed by atoms with Crippen LogP contribution in [0.15, 0.2) is 6.07 Å². The van der Waals surface area contributed by atoms with E-state index in [-0.39, 0.29) is 0 Å². The van der Waals surface area contributed by atoms with Crippen molar-refractivity contribution in [1.29, 1.82) is 0 Å². The Morgan fingerprint density at radius 2 is 2.20 bits per heavy atom. The minimum atomic E-state index is 0.435. The van der Waals surface area contributed by atoms with Crippen LogP contribution >= 0.6 is 0 Å². The maximum atomic E-state index is 5.40. The molecule has 0 amide bonds. The summed E-state index contributed by atoms with van der Waals surface area (Å²) in [5.41, 5.74) is 5.40. The van der Waals surface area contributed by atoms with E-state index in [0.29, 0.717) is 17.5 Å². The van der Waals surface area contributed by atoms with Crippen molar-refractivity contribution in [3.05, 3.63) is 11.9 Å². The molecule has 1 rings (SSSR count). The molecule has 0 bridgehead atoms. The molecule has 54 valence electrons. The van der Waals surface area contributed by atoms with E-state index < -0.39 is 0 Å². The molecule has 1 aromatic rings. The van der Waals surface area contributed by atoms with Gasteiger partial charge in [-0.2, -0.15) is 4.98 Å². The summed E-state index contributed by atoms with van der Waals surface area (Å²) in [6.45, 7) is 1.76. The standard InChI is InChI=1S/C6H9N3O/c1-4-8-5(7)3-6(9-4)10-2/h3H,1-2H3,(H2,7,8,9). The van der Waals surface area contributed by atoms with Crippen molar-refractivity contribution in [3.63, 3.8) is 0 Å². The van der Waals surface area contributed by atoms with Gasteiger partial charge in [0.1, 0.15) is 11.6 Å². The first-order valence-corrected chi connectivity index (χ1v) is 2.87. The van der Waals surface area contributed by atoms with Crippen molar-refractivity contribution < 1.29 is 4.74 Å². The third-order valence-corrected chi connectivity index (χ3v) is 1.04. The summed E-state index contributed by atoms with van der Waals surface area (Å²) in [6, 6.07) is 1.58. The fraction of sp³-hybridized carbons (Fsp3) is 0.333. The number of hydrogen-bond donors (Lipinski definition) is 1. The van der Waals surface area contributed by atoms with Gasteiger partial charge in [0.25, 0.3) is 0 Å². The lowest BCUT2D eigenvalue weighted by molar-refractivity contribution is 0.396. The number of ether oxygens (including phenoxy) is 1. The molecular weight excluding hydrogens is 130 g/mol. The van der Waals surface area contributed by atoms with Crippen LogP contribution in [0.2, 0.25) is 0 Å². The Labute approximate surface area is 59.1 Å². The van der Waals surface area contributed by atoms with Crippen molar-refractivity contribution in [2.24, 2.45) is 0 Å². The first-order chi connectivity index (χ1) is 4.72. The van der Waals surface area contributed by atoms with E-state index in [4.69, 9.17) is 10.5 Å². The van der Waals surface area contributed by atoms with Crippen molar-refractivity contribution in [1.82, 2.24) is 9.97 Å². The van der Waals surface area contributed by atoms with Crippen LogP contribution in [0.25, 0.3) is 0 Å². The van der Waals surface area contributed by atoms with E-state index in [0.717, 1.165) is 0 Å². The largest absolute Gasteiger partial charge is 0.481 e. The van der Waals surface area contributed by atoms with Crippen LogP contribution in [-0.2, 0) is 0 Å². The van der Waals surface area contributed by atoms with Gasteiger partial charge in [0.05, 0.1) is 7.11 Å². The fourth-order valence-corrected chi connectivity index (χ4v) is 0.667. The molecule has 2 N–H and O–H groups in total. The molecule has 4 nitrogen and oxygen atoms in total. The Morgan fingerprint density at radius 3 is 2.70 bits per heavy atom. The van der Waals surface area contributed by atoms with Gasteiger partial charge in [-0.1, -0.05) is 0 Å². The van der Waals surface area contributed by atoms with Gasteiger partial charge in [-0.25, -0.2) is 4.98 Å². The van der Waals surface area contributed by atoms with Gasteiger partial charge >= 0.3 is 0 Å². The molecule has 0 radical (unpaired) electrons. The second-order valence-corrected chi connectivity index (χ2v) is 1.88. The van der Waals surface area contributed by atoms with Gasteiger partial charge < -0.3 is 10.5 Å². The quantitative estimate of drug-likeness (QED) is 0.610. The number of aryl methyl sites for hydroxylation is 1. The Morgan fingerprint density at radius 1 is 1.50 bits per heavy atom. The molecule has 0 aliphatic rings. The molecule has 0 saturated heterocycles. The van der Waals surface area contributed by atoms with Gasteiger partial charge in [0.15, 0.2) is 0 Å². The highest BCUT2D eigenvalue weighted by molar-refractivity contribution is 5.32. The first-order valence-electron chi connectivity index (χ1n) is 2.87. The molecule has 0 aliphatic carbocycles. The van der Waals surface area contributed by atoms with Crippen LogP contribution in [-0.4, -0.2) is 17.1 Å². The third kappa shape index (κ3) is 1.34. The first kappa shape index (κ1) is 6.80. The highest BCUT2D eigenvalue weighted by atomic mass is 16.5. The topological polar surface area (TPSA) is 61.0 Å². The number of anilines is 1. The molecule has 0 atom stereocenters. The second-order valence-electron chi connectivity index (χ2n) is 1.88. The summed E-state index contributed by atoms with van der Waals surface area (Å²) in [7, 11) is 1.54. The van der Waals surface area contributed by atoms with Crippen LogP contribution in [0.3, 0.4) is 0 Å². The fourth-order valence-electron chi connectivity index (χ4n) is 0.667. The minimum Gasteiger partial charge on any atom is -0.481 e. The molecule has 0 fully saturated rings. The van der Waals surface area contributed by atoms with Crippen molar-refractivity contribution in [2.45, 2.75) is 6.92 Å². The Kier molecular flexibility index (Phi) is 1.71. The number of nitrogens with zero attached hydrogens (tertiary/aromatic N) is 2. The van der Waals surface area contributed by atoms with Gasteiger partial charge in [-0.05, 0) is 6.92 Å². The van der Waals surface area contributed by atoms with Crippen LogP contribution in [0.1, 0.15) is 5.82 Å². The average molecular weight is 139 g/mol. The normalized spacial score (nSPS) is 9.40. The van der Waals surface area contributed by atoms with Crippen molar-refractivity contribution in [2.75, 3.05) is 12.8 Å². The molecule has 0 spiro atoms. The van der Waals surface area contributed by atoms with E-state index in [1.54, 1.807) is 20.1 Å². The summed E-state index contributed by atoms with van der Waals surface area (Å²) in [5.74, 6) is 1.56. The molecule has 0 unspecified atom stereocenters. The number of methoxy groups -OCH3 is 1. The maximum Gasteiger partial charge on any atom is 0.218 e. The van der Waals surface area contributed by atoms with E-state index in [1.165, 1.54) is 0 Å². The lowest BCUT2D eigenvalue weighted by Gasteiger charge is -1.99. The van der Waals surface area contributed by atoms with Crippen LogP contribution < -0.4 is 10.5 Å². The number of nitrogen functional groups attached to an aromatic ring is 1. The van der Waals surface area contributed by atoms with Gasteiger partial charge in [0, 0.05) is 6.07 Å². The molecule has 1 aromatic heterocycles. The maximum absolute atomic E-state index is 5.40. The summed E-state index contributed by atoms with van der Waals surface area (Å²) in [6.07, 6.45) is 0. The van der Waals surface area contributed by atoms with Crippen molar-refractivity contribution >= 4 is 5.82 Å². The van der Waals surface area contributed by atoms with Crippen LogP contribution in [0.5, 0.6) is 5.88 Å². The van der Waals surface area contributed by atoms with Gasteiger partial charge in [-0.15, -0.1) is 0 Å². The predicted molar refractivity (Wildman–Crippen MR) is 37.7 cm³/mol. The number of nitrogens with two attached hydrogens (primary N) is 1. The van der Waals surface area contributed by atoms with Gasteiger partial charge in [-0.3, -0.25) is 0 Å². The van der Waals surface area contributed by atoms with E-state index in [2.05, 4.69) is 9.97 Å². The summed E-state index contributed by atoms with van der Waals surface area (Å²) < 4.78 is 4.84. The molecule has 0 aromatic carbocycles. The molecule has 1 heterocycles. The number of hydrogen-bond acceptors (Lipinski definition) is 4. The zero-order valence-corrected chi connectivity index (χ0v) is 5.96. The predicted octanol–water partition coefficient (Wildman–Crippen LogP) is 0.376. The number of aromatic nitrogens is 2.